The van der Waals surface area contributed by atoms with Gasteiger partial charge >= 0.3 is 5.97 Å². The molecule has 1 saturated heterocycles. The van der Waals surface area contributed by atoms with Gasteiger partial charge < -0.3 is 14.8 Å². The van der Waals surface area contributed by atoms with Crippen LogP contribution in [0.2, 0.25) is 0 Å². The number of para-hydroxylation sites is 1. The smallest absolute Gasteiger partial charge is 0.344 e. The van der Waals surface area contributed by atoms with Crippen LogP contribution < -0.4 is 10.1 Å². The van der Waals surface area contributed by atoms with Gasteiger partial charge in [0.2, 0.25) is 0 Å². The summed E-state index contributed by atoms with van der Waals surface area (Å²) in [6, 6.07) is 5.22. The molecule has 1 aliphatic heterocycles. The van der Waals surface area contributed by atoms with Gasteiger partial charge in [-0.3, -0.25) is 4.79 Å². The van der Waals surface area contributed by atoms with Gasteiger partial charge in [-0.1, -0.05) is 18.2 Å². The molecule has 1 heterocycles. The first-order chi connectivity index (χ1) is 11.7. The highest BCUT2D eigenvalue weighted by Gasteiger charge is 2.30. The van der Waals surface area contributed by atoms with Crippen LogP contribution in [0.25, 0.3) is 0 Å². The number of rotatable bonds is 6. The Bertz CT molecular complexity index is 738. The van der Waals surface area contributed by atoms with Gasteiger partial charge in [-0.15, -0.1) is 0 Å². The lowest BCUT2D eigenvalue weighted by atomic mass is 10.1. The second kappa shape index (κ2) is 7.86. The molecule has 0 unspecified atom stereocenters. The van der Waals surface area contributed by atoms with E-state index in [2.05, 4.69) is 5.32 Å². The average Bonchev–Trinajstić information content (AvgIpc) is 2.85. The highest BCUT2D eigenvalue weighted by Crippen LogP contribution is 2.22. The molecule has 0 spiro atoms. The van der Waals surface area contributed by atoms with Crippen molar-refractivity contribution in [1.82, 2.24) is 5.32 Å². The van der Waals surface area contributed by atoms with E-state index in [-0.39, 0.29) is 18.1 Å². The molecule has 0 aromatic heterocycles. The van der Waals surface area contributed by atoms with Gasteiger partial charge in [-0.25, -0.2) is 13.2 Å². The van der Waals surface area contributed by atoms with Gasteiger partial charge in [-0.2, -0.15) is 0 Å². The highest BCUT2D eigenvalue weighted by atomic mass is 32.2. The third-order valence-electron chi connectivity index (χ3n) is 4.00. The maximum atomic E-state index is 12.0. The minimum Gasteiger partial charge on any atom is -0.481 e. The predicted octanol–water partition coefficient (Wildman–Crippen LogP) is 0.917. The van der Waals surface area contributed by atoms with Crippen LogP contribution in [0.3, 0.4) is 0 Å². The van der Waals surface area contributed by atoms with Gasteiger partial charge in [0.15, 0.2) is 22.5 Å². The van der Waals surface area contributed by atoms with Gasteiger partial charge in [0, 0.05) is 6.04 Å². The van der Waals surface area contributed by atoms with Crippen molar-refractivity contribution in [2.24, 2.45) is 0 Å². The van der Waals surface area contributed by atoms with Crippen molar-refractivity contribution in [1.29, 1.82) is 0 Å². The standard InChI is InChI=1S/C17H23NO6S/c1-11-5-4-6-12(2)16(11)23-9-15(19)24-13(3)17(20)18-14-7-8-25(21,22)10-14/h4-6,13-14H,7-10H2,1-3H3,(H,18,20)/t13-,14+/m1/s1. The second-order valence-electron chi connectivity index (χ2n) is 6.25. The summed E-state index contributed by atoms with van der Waals surface area (Å²) in [6.45, 7) is 4.88. The lowest BCUT2D eigenvalue weighted by molar-refractivity contribution is -0.156. The third-order valence-corrected chi connectivity index (χ3v) is 5.77. The molecule has 1 aromatic rings. The molecule has 138 valence electrons. The summed E-state index contributed by atoms with van der Waals surface area (Å²) in [5, 5.41) is 2.60. The van der Waals surface area contributed by atoms with Crippen LogP contribution in [0.5, 0.6) is 5.75 Å². The second-order valence-corrected chi connectivity index (χ2v) is 8.48. The number of sulfone groups is 1. The van der Waals surface area contributed by atoms with Gasteiger partial charge in [0.1, 0.15) is 5.75 Å². The topological polar surface area (TPSA) is 98.8 Å². The van der Waals surface area contributed by atoms with Crippen LogP contribution in [0.1, 0.15) is 24.5 Å². The minimum absolute atomic E-state index is 0.0652. The summed E-state index contributed by atoms with van der Waals surface area (Å²) in [5.41, 5.74) is 1.81. The lowest BCUT2D eigenvalue weighted by Gasteiger charge is -2.17. The number of aryl methyl sites for hydroxylation is 2. The zero-order valence-electron chi connectivity index (χ0n) is 14.6. The van der Waals surface area contributed by atoms with Gasteiger partial charge in [-0.05, 0) is 38.3 Å². The van der Waals surface area contributed by atoms with Crippen molar-refractivity contribution in [3.63, 3.8) is 0 Å². The maximum absolute atomic E-state index is 12.0. The number of ether oxygens (including phenoxy) is 2. The van der Waals surface area contributed by atoms with Crippen LogP contribution >= 0.6 is 0 Å². The molecule has 7 nitrogen and oxygen atoms in total. The molecule has 0 aliphatic carbocycles. The van der Waals surface area contributed by atoms with E-state index in [0.717, 1.165) is 11.1 Å². The monoisotopic (exact) mass is 369 g/mol. The summed E-state index contributed by atoms with van der Waals surface area (Å²) >= 11 is 0. The Labute approximate surface area is 147 Å². The molecule has 1 amide bonds. The summed E-state index contributed by atoms with van der Waals surface area (Å²) in [6.07, 6.45) is -0.637. The van der Waals surface area contributed by atoms with Crippen molar-refractivity contribution in [3.8, 4) is 5.75 Å². The van der Waals surface area contributed by atoms with Crippen molar-refractivity contribution in [2.45, 2.75) is 39.3 Å². The molecule has 0 bridgehead atoms. The first-order valence-electron chi connectivity index (χ1n) is 8.07. The molecule has 1 aliphatic rings. The van der Waals surface area contributed by atoms with E-state index in [1.165, 1.54) is 6.92 Å². The van der Waals surface area contributed by atoms with Crippen LogP contribution in [0.15, 0.2) is 18.2 Å². The zero-order chi connectivity index (χ0) is 18.6. The largest absolute Gasteiger partial charge is 0.481 e. The molecule has 25 heavy (non-hydrogen) atoms. The fourth-order valence-corrected chi connectivity index (χ4v) is 4.34. The zero-order valence-corrected chi connectivity index (χ0v) is 15.4. The number of benzene rings is 1. The molecule has 2 atom stereocenters. The fraction of sp³-hybridized carbons (Fsp3) is 0.529. The Morgan fingerprint density at radius 2 is 1.92 bits per heavy atom. The number of amides is 1. The molecule has 2 rings (SSSR count). The Morgan fingerprint density at radius 1 is 1.28 bits per heavy atom. The number of carbonyl (C=O) groups is 2. The first-order valence-corrected chi connectivity index (χ1v) is 9.89. The van der Waals surface area contributed by atoms with E-state index in [0.29, 0.717) is 12.2 Å². The number of hydrogen-bond donors (Lipinski definition) is 1. The molecule has 1 fully saturated rings. The van der Waals surface area contributed by atoms with Gasteiger partial charge in [0.25, 0.3) is 5.91 Å². The lowest BCUT2D eigenvalue weighted by Crippen LogP contribution is -2.43. The summed E-state index contributed by atoms with van der Waals surface area (Å²) in [4.78, 5) is 23.9. The Morgan fingerprint density at radius 3 is 2.48 bits per heavy atom. The predicted molar refractivity (Wildman–Crippen MR) is 92.2 cm³/mol. The van der Waals surface area contributed by atoms with E-state index in [4.69, 9.17) is 9.47 Å². The van der Waals surface area contributed by atoms with E-state index in [9.17, 15) is 18.0 Å². The van der Waals surface area contributed by atoms with Crippen molar-refractivity contribution in [3.05, 3.63) is 29.3 Å². The minimum atomic E-state index is -3.08. The van der Waals surface area contributed by atoms with E-state index >= 15 is 0 Å². The molecule has 0 saturated carbocycles. The van der Waals surface area contributed by atoms with Gasteiger partial charge in [0.05, 0.1) is 11.5 Å². The Kier molecular flexibility index (Phi) is 6.05. The average molecular weight is 369 g/mol. The molecule has 1 N–H and O–H groups in total. The summed E-state index contributed by atoms with van der Waals surface area (Å²) in [5.74, 6) is -0.565. The van der Waals surface area contributed by atoms with E-state index in [1.807, 2.05) is 32.0 Å². The van der Waals surface area contributed by atoms with Crippen LogP contribution in [-0.4, -0.2) is 50.6 Å². The normalized spacial score (nSPS) is 19.9. The number of nitrogens with one attached hydrogen (secondary N) is 1. The molecule has 1 aromatic carbocycles. The SMILES string of the molecule is Cc1cccc(C)c1OCC(=O)O[C@H](C)C(=O)N[C@H]1CCS(=O)(=O)C1. The molecule has 8 heteroatoms. The molecular formula is C17H23NO6S. The summed E-state index contributed by atoms with van der Waals surface area (Å²) in [7, 11) is -3.08. The van der Waals surface area contributed by atoms with Crippen LogP contribution in [0, 0.1) is 13.8 Å². The summed E-state index contributed by atoms with van der Waals surface area (Å²) < 4.78 is 33.3. The maximum Gasteiger partial charge on any atom is 0.344 e. The Balaban J connectivity index is 1.80. The van der Waals surface area contributed by atoms with Crippen molar-refractivity contribution < 1.29 is 27.5 Å². The molecular weight excluding hydrogens is 346 g/mol. The quantitative estimate of drug-likeness (QED) is 0.749. The van der Waals surface area contributed by atoms with Crippen molar-refractivity contribution >= 4 is 21.7 Å². The highest BCUT2D eigenvalue weighted by molar-refractivity contribution is 7.91. The number of carbonyl (C=O) groups excluding carboxylic acids is 2. The van der Waals surface area contributed by atoms with E-state index < -0.39 is 33.9 Å². The van der Waals surface area contributed by atoms with Crippen molar-refractivity contribution in [2.75, 3.05) is 18.1 Å². The van der Waals surface area contributed by atoms with Crippen LogP contribution in [-0.2, 0) is 24.2 Å². The Hall–Kier alpha value is -2.09. The number of esters is 1. The van der Waals surface area contributed by atoms with Crippen LogP contribution in [0.4, 0.5) is 0 Å². The number of hydrogen-bond acceptors (Lipinski definition) is 6. The van der Waals surface area contributed by atoms with E-state index in [1.54, 1.807) is 0 Å². The third kappa shape index (κ3) is 5.45. The first kappa shape index (κ1) is 19.2. The fourth-order valence-electron chi connectivity index (χ4n) is 2.67. The molecule has 0 radical (unpaired) electrons.